The summed E-state index contributed by atoms with van der Waals surface area (Å²) in [5.74, 6) is -3.44. The lowest BCUT2D eigenvalue weighted by molar-refractivity contribution is -0.174. The molecule has 0 saturated heterocycles. The largest absolute Gasteiger partial charge is 0.471 e. The predicted molar refractivity (Wildman–Crippen MR) is 108 cm³/mol. The van der Waals surface area contributed by atoms with Crippen LogP contribution in [0.25, 0.3) is 0 Å². The number of amides is 3. The minimum Gasteiger partial charge on any atom is -0.345 e. The summed E-state index contributed by atoms with van der Waals surface area (Å²) >= 11 is 0. The van der Waals surface area contributed by atoms with Gasteiger partial charge in [-0.05, 0) is 30.0 Å². The number of aryl methyl sites for hydroxylation is 1. The van der Waals surface area contributed by atoms with Crippen LogP contribution in [0.5, 0.6) is 0 Å². The van der Waals surface area contributed by atoms with Gasteiger partial charge in [0.1, 0.15) is 6.04 Å². The van der Waals surface area contributed by atoms with Gasteiger partial charge in [0.25, 0.3) is 0 Å². The summed E-state index contributed by atoms with van der Waals surface area (Å²) in [6.07, 6.45) is -3.65. The molecule has 0 spiro atoms. The topological polar surface area (TPSA) is 78.5 Å². The van der Waals surface area contributed by atoms with Gasteiger partial charge >= 0.3 is 12.1 Å². The Morgan fingerprint density at radius 1 is 1.00 bits per heavy atom. The molecule has 0 radical (unpaired) electrons. The van der Waals surface area contributed by atoms with E-state index >= 15 is 0 Å². The van der Waals surface area contributed by atoms with E-state index in [9.17, 15) is 27.6 Å². The summed E-state index contributed by atoms with van der Waals surface area (Å²) in [6, 6.07) is 14.3. The molecular formula is C22H22F3N3O3. The molecule has 3 rings (SSSR count). The fourth-order valence-corrected chi connectivity index (χ4v) is 3.47. The van der Waals surface area contributed by atoms with Gasteiger partial charge in [0.2, 0.25) is 11.8 Å². The summed E-state index contributed by atoms with van der Waals surface area (Å²) in [6.45, 7) is 0.102. The minimum atomic E-state index is -5.12. The fourth-order valence-electron chi connectivity index (χ4n) is 3.47. The van der Waals surface area contributed by atoms with E-state index in [4.69, 9.17) is 0 Å². The Kier molecular flexibility index (Phi) is 6.94. The van der Waals surface area contributed by atoms with Crippen molar-refractivity contribution in [1.82, 2.24) is 10.6 Å². The maximum absolute atomic E-state index is 12.7. The van der Waals surface area contributed by atoms with E-state index in [0.717, 1.165) is 24.1 Å². The third-order valence-electron chi connectivity index (χ3n) is 4.99. The molecule has 1 heterocycles. The van der Waals surface area contributed by atoms with Crippen molar-refractivity contribution in [3.05, 3.63) is 65.7 Å². The molecule has 31 heavy (non-hydrogen) atoms. The Hall–Kier alpha value is -3.36. The quantitative estimate of drug-likeness (QED) is 0.734. The number of halogens is 3. The predicted octanol–water partition coefficient (Wildman–Crippen LogP) is 2.37. The van der Waals surface area contributed by atoms with E-state index in [-0.39, 0.29) is 18.9 Å². The maximum Gasteiger partial charge on any atom is 0.471 e. The van der Waals surface area contributed by atoms with Crippen molar-refractivity contribution in [2.45, 2.75) is 31.5 Å². The molecule has 6 nitrogen and oxygen atoms in total. The molecule has 0 unspecified atom stereocenters. The summed E-state index contributed by atoms with van der Waals surface area (Å²) < 4.78 is 38.1. The number of anilines is 1. The average Bonchev–Trinajstić information content (AvgIpc) is 2.76. The van der Waals surface area contributed by atoms with Gasteiger partial charge in [-0.15, -0.1) is 0 Å². The molecule has 1 atom stereocenters. The first-order valence-electron chi connectivity index (χ1n) is 9.83. The van der Waals surface area contributed by atoms with Crippen LogP contribution in [0, 0.1) is 0 Å². The van der Waals surface area contributed by atoms with Crippen LogP contribution < -0.4 is 15.5 Å². The van der Waals surface area contributed by atoms with Crippen molar-refractivity contribution in [3.8, 4) is 0 Å². The Bertz CT molecular complexity index is 948. The lowest BCUT2D eigenvalue weighted by Crippen LogP contribution is -2.53. The van der Waals surface area contributed by atoms with E-state index in [1.807, 2.05) is 24.3 Å². The molecule has 1 aliphatic heterocycles. The van der Waals surface area contributed by atoms with Gasteiger partial charge < -0.3 is 15.5 Å². The zero-order chi connectivity index (χ0) is 22.4. The highest BCUT2D eigenvalue weighted by Crippen LogP contribution is 2.26. The molecule has 1 aliphatic rings. The van der Waals surface area contributed by atoms with Crippen LogP contribution >= 0.6 is 0 Å². The normalized spacial score (nSPS) is 14.4. The molecule has 164 valence electrons. The second kappa shape index (κ2) is 9.63. The number of fused-ring (bicyclic) bond motifs is 1. The SMILES string of the molecule is O=C(NCC(=O)N1CCCc2ccccc21)[C@H](Cc1ccccc1)NC(=O)C(F)(F)F. The number of alkyl halides is 3. The number of carbonyl (C=O) groups is 3. The number of nitrogens with one attached hydrogen (secondary N) is 2. The van der Waals surface area contributed by atoms with Gasteiger partial charge in [-0.2, -0.15) is 13.2 Å². The minimum absolute atomic E-state index is 0.144. The third kappa shape index (κ3) is 5.84. The number of hydrogen-bond acceptors (Lipinski definition) is 3. The third-order valence-corrected chi connectivity index (χ3v) is 4.99. The van der Waals surface area contributed by atoms with Crippen molar-refractivity contribution in [2.75, 3.05) is 18.0 Å². The van der Waals surface area contributed by atoms with Crippen molar-refractivity contribution in [1.29, 1.82) is 0 Å². The van der Waals surface area contributed by atoms with Crippen LogP contribution in [0.1, 0.15) is 17.5 Å². The zero-order valence-corrected chi connectivity index (χ0v) is 16.6. The molecule has 2 aromatic carbocycles. The lowest BCUT2D eigenvalue weighted by Gasteiger charge is -2.29. The Morgan fingerprint density at radius 2 is 1.68 bits per heavy atom. The number of para-hydroxylation sites is 1. The van der Waals surface area contributed by atoms with Gasteiger partial charge in [0, 0.05) is 18.7 Å². The maximum atomic E-state index is 12.7. The first-order valence-corrected chi connectivity index (χ1v) is 9.83. The van der Waals surface area contributed by atoms with Crippen molar-refractivity contribution in [3.63, 3.8) is 0 Å². The molecule has 2 aromatic rings. The number of hydrogen-bond donors (Lipinski definition) is 2. The van der Waals surface area contributed by atoms with Crippen molar-refractivity contribution >= 4 is 23.4 Å². The number of nitrogens with zero attached hydrogens (tertiary/aromatic N) is 1. The summed E-state index contributed by atoms with van der Waals surface area (Å²) in [5, 5.41) is 4.10. The van der Waals surface area contributed by atoms with Crippen LogP contribution in [0.15, 0.2) is 54.6 Å². The fraction of sp³-hybridized carbons (Fsp3) is 0.318. The summed E-state index contributed by atoms with van der Waals surface area (Å²) in [4.78, 5) is 38.2. The number of benzene rings is 2. The van der Waals surface area contributed by atoms with Crippen LogP contribution in [0.3, 0.4) is 0 Å². The van der Waals surface area contributed by atoms with Crippen LogP contribution in [0.4, 0.5) is 18.9 Å². The highest BCUT2D eigenvalue weighted by Gasteiger charge is 2.40. The number of rotatable bonds is 6. The van der Waals surface area contributed by atoms with Gasteiger partial charge in [-0.1, -0.05) is 48.5 Å². The second-order valence-corrected chi connectivity index (χ2v) is 7.21. The number of carbonyl (C=O) groups excluding carboxylic acids is 3. The van der Waals surface area contributed by atoms with Crippen LogP contribution in [0.2, 0.25) is 0 Å². The van der Waals surface area contributed by atoms with E-state index in [0.29, 0.717) is 12.1 Å². The molecule has 9 heteroatoms. The van der Waals surface area contributed by atoms with Crippen LogP contribution in [-0.2, 0) is 27.2 Å². The van der Waals surface area contributed by atoms with E-state index in [1.54, 1.807) is 40.5 Å². The Labute approximate surface area is 177 Å². The average molecular weight is 433 g/mol. The lowest BCUT2D eigenvalue weighted by atomic mass is 10.0. The van der Waals surface area contributed by atoms with E-state index in [1.165, 1.54) is 0 Å². The molecule has 0 bridgehead atoms. The molecule has 0 aromatic heterocycles. The molecule has 0 saturated carbocycles. The first-order chi connectivity index (χ1) is 14.8. The zero-order valence-electron chi connectivity index (χ0n) is 16.6. The standard InChI is InChI=1S/C22H22F3N3O3/c23-22(24,25)21(31)27-17(13-15-7-2-1-3-8-15)20(30)26-14-19(29)28-12-6-10-16-9-4-5-11-18(16)28/h1-5,7-9,11,17H,6,10,12-14H2,(H,26,30)(H,27,31)/t17-/m0/s1. The highest BCUT2D eigenvalue weighted by molar-refractivity contribution is 5.98. The molecule has 2 N–H and O–H groups in total. The van der Waals surface area contributed by atoms with Gasteiger partial charge in [0.05, 0.1) is 6.54 Å². The second-order valence-electron chi connectivity index (χ2n) is 7.21. The Morgan fingerprint density at radius 3 is 2.39 bits per heavy atom. The Balaban J connectivity index is 1.67. The molecule has 0 fully saturated rings. The summed E-state index contributed by atoms with van der Waals surface area (Å²) in [7, 11) is 0. The van der Waals surface area contributed by atoms with Gasteiger partial charge in [0.15, 0.2) is 0 Å². The molecular weight excluding hydrogens is 411 g/mol. The molecule has 3 amide bonds. The van der Waals surface area contributed by atoms with Crippen molar-refractivity contribution in [2.24, 2.45) is 0 Å². The van der Waals surface area contributed by atoms with Crippen LogP contribution in [-0.4, -0.2) is 43.0 Å². The summed E-state index contributed by atoms with van der Waals surface area (Å²) in [5.41, 5.74) is 2.36. The smallest absolute Gasteiger partial charge is 0.345 e. The highest BCUT2D eigenvalue weighted by atomic mass is 19.4. The van der Waals surface area contributed by atoms with E-state index < -0.39 is 24.0 Å². The first kappa shape index (κ1) is 22.3. The van der Waals surface area contributed by atoms with Gasteiger partial charge in [-0.3, -0.25) is 14.4 Å². The molecule has 0 aliphatic carbocycles. The monoisotopic (exact) mass is 433 g/mol. The van der Waals surface area contributed by atoms with E-state index in [2.05, 4.69) is 5.32 Å². The van der Waals surface area contributed by atoms with Crippen molar-refractivity contribution < 1.29 is 27.6 Å². The van der Waals surface area contributed by atoms with Gasteiger partial charge in [-0.25, -0.2) is 0 Å².